The van der Waals surface area contributed by atoms with E-state index in [4.69, 9.17) is 8.85 Å². The fraction of sp³-hybridized carbons (Fsp3) is 0.107. The van der Waals surface area contributed by atoms with E-state index in [1.165, 1.54) is 0 Å². The number of carbonyl (C=O) groups excluding carboxylic acids is 2. The average Bonchev–Trinajstić information content (AvgIpc) is 3.28. The first-order chi connectivity index (χ1) is 30.0. The van der Waals surface area contributed by atoms with Gasteiger partial charge in [-0.25, -0.2) is 0 Å². The maximum absolute atomic E-state index is 15.3. The van der Waals surface area contributed by atoms with Gasteiger partial charge in [-0.2, -0.15) is 0 Å². The summed E-state index contributed by atoms with van der Waals surface area (Å²) in [5.74, 6) is 0.217. The van der Waals surface area contributed by atoms with Gasteiger partial charge in [0.1, 0.15) is 11.5 Å². The smallest absolute Gasteiger partial charge is 0.346 e. The molecule has 0 saturated heterocycles. The molecule has 62 heavy (non-hydrogen) atoms. The van der Waals surface area contributed by atoms with Crippen molar-refractivity contribution in [2.24, 2.45) is 0 Å². The summed E-state index contributed by atoms with van der Waals surface area (Å²) in [5.41, 5.74) is 7.94. The minimum absolute atomic E-state index is 0.268. The van der Waals surface area contributed by atoms with E-state index >= 15 is 9.59 Å². The molecule has 0 aromatic heterocycles. The fourth-order valence-electron chi connectivity index (χ4n) is 8.76. The van der Waals surface area contributed by atoms with Crippen molar-refractivity contribution >= 4 is 59.3 Å². The van der Waals surface area contributed by atoms with E-state index in [2.05, 4.69) is 187 Å². The molecule has 304 valence electrons. The van der Waals surface area contributed by atoms with Crippen LogP contribution in [-0.2, 0) is 0 Å². The van der Waals surface area contributed by atoms with E-state index in [1.54, 1.807) is 12.1 Å². The molecule has 0 fully saturated rings. The van der Waals surface area contributed by atoms with Gasteiger partial charge in [0, 0.05) is 11.1 Å². The predicted molar refractivity (Wildman–Crippen MR) is 257 cm³/mol. The normalized spacial score (nSPS) is 12.4. The van der Waals surface area contributed by atoms with Crippen LogP contribution in [0.3, 0.4) is 0 Å². The van der Waals surface area contributed by atoms with E-state index in [9.17, 15) is 0 Å². The third kappa shape index (κ3) is 7.05. The molecule has 0 atom stereocenters. The second-order valence-electron chi connectivity index (χ2n) is 16.8. The highest BCUT2D eigenvalue weighted by Crippen LogP contribution is 2.39. The molecule has 0 spiro atoms. The molecule has 8 aromatic rings. The van der Waals surface area contributed by atoms with Gasteiger partial charge in [-0.3, -0.25) is 9.59 Å². The minimum Gasteiger partial charge on any atom is -0.530 e. The van der Waals surface area contributed by atoms with Crippen molar-refractivity contribution < 1.29 is 18.4 Å². The maximum Gasteiger partial charge on any atom is 0.346 e. The summed E-state index contributed by atoms with van der Waals surface area (Å²) >= 11 is 0. The SMILES string of the molecule is Cc1ccc([Si](Oc2cccc3c2C(=O)c2cccc(O[Si](c4ccc(C)cc4)(c4ccc(C)cc4)c4ccc(C)cc4)c2C3=O)(c2ccc(C)cc2)c2ccc(C)cc2)cc1. The molecule has 1 aliphatic rings. The van der Waals surface area contributed by atoms with Crippen LogP contribution in [-0.4, -0.2) is 28.2 Å². The molecule has 8 aromatic carbocycles. The van der Waals surface area contributed by atoms with Crippen LogP contribution in [0.15, 0.2) is 182 Å². The Hall–Kier alpha value is -6.87. The van der Waals surface area contributed by atoms with Gasteiger partial charge in [0.2, 0.25) is 0 Å². The minimum atomic E-state index is -3.39. The highest BCUT2D eigenvalue weighted by Gasteiger charge is 2.48. The lowest BCUT2D eigenvalue weighted by molar-refractivity contribution is 0.0976. The number of aryl methyl sites for hydroxylation is 6. The quantitative estimate of drug-likeness (QED) is 0.103. The van der Waals surface area contributed by atoms with Crippen LogP contribution in [0.2, 0.25) is 0 Å². The lowest BCUT2D eigenvalue weighted by Crippen LogP contribution is -2.71. The van der Waals surface area contributed by atoms with Crippen molar-refractivity contribution in [2.75, 3.05) is 0 Å². The molecule has 0 aliphatic heterocycles. The summed E-state index contributed by atoms with van der Waals surface area (Å²) in [6, 6.07) is 62.0. The van der Waals surface area contributed by atoms with Gasteiger partial charge in [0.05, 0.1) is 11.1 Å². The van der Waals surface area contributed by atoms with Crippen LogP contribution < -0.4 is 40.0 Å². The summed E-state index contributed by atoms with van der Waals surface area (Å²) in [7, 11) is -6.77. The Morgan fingerprint density at radius 2 is 0.500 bits per heavy atom. The topological polar surface area (TPSA) is 52.6 Å². The molecular formula is C56H48O4Si2. The van der Waals surface area contributed by atoms with Gasteiger partial charge in [0.15, 0.2) is 11.6 Å². The third-order valence-corrected chi connectivity index (χ3v) is 20.2. The Kier molecular flexibility index (Phi) is 10.6. The van der Waals surface area contributed by atoms with E-state index in [0.29, 0.717) is 22.6 Å². The monoisotopic (exact) mass is 840 g/mol. The van der Waals surface area contributed by atoms with Crippen molar-refractivity contribution in [3.63, 3.8) is 0 Å². The van der Waals surface area contributed by atoms with Crippen LogP contribution in [0.5, 0.6) is 11.5 Å². The molecule has 4 nitrogen and oxygen atoms in total. The molecule has 1 aliphatic carbocycles. The predicted octanol–water partition coefficient (Wildman–Crippen LogP) is 8.40. The van der Waals surface area contributed by atoms with E-state index in [0.717, 1.165) is 64.5 Å². The summed E-state index contributed by atoms with van der Waals surface area (Å²) in [4.78, 5) is 30.6. The molecule has 0 amide bonds. The zero-order chi connectivity index (χ0) is 43.2. The Balaban J connectivity index is 1.23. The molecule has 0 bridgehead atoms. The summed E-state index contributed by atoms with van der Waals surface area (Å²) in [6.07, 6.45) is 0. The van der Waals surface area contributed by atoms with Crippen LogP contribution in [0.25, 0.3) is 0 Å². The maximum atomic E-state index is 15.3. The number of fused-ring (bicyclic) bond motifs is 2. The van der Waals surface area contributed by atoms with Crippen LogP contribution in [0.4, 0.5) is 0 Å². The zero-order valence-electron chi connectivity index (χ0n) is 36.0. The van der Waals surface area contributed by atoms with Crippen LogP contribution in [0.1, 0.15) is 65.2 Å². The summed E-state index contributed by atoms with van der Waals surface area (Å²) in [5, 5.41) is 6.19. The zero-order valence-corrected chi connectivity index (χ0v) is 38.0. The van der Waals surface area contributed by atoms with Gasteiger partial charge in [-0.15, -0.1) is 0 Å². The Morgan fingerprint density at radius 3 is 0.710 bits per heavy atom. The molecule has 0 heterocycles. The first-order valence-corrected chi connectivity index (χ1v) is 25.0. The number of ketones is 2. The standard InChI is InChI=1S/C56H48O4Si2/c1-37-13-25-43(26-14-37)61(44-27-15-38(2)16-28-44,45-29-17-39(3)18-30-45)59-51-11-7-9-49-53(51)55(57)50-10-8-12-52(54(50)56(49)58)60-62(46-31-19-40(4)20-32-46,47-33-21-41(5)22-34-47)48-35-23-42(6)24-36-48/h7-36H,1-6H3. The third-order valence-electron chi connectivity index (χ3n) is 12.3. The molecule has 0 unspecified atom stereocenters. The number of hydrogen-bond donors (Lipinski definition) is 0. The van der Waals surface area contributed by atoms with Crippen LogP contribution >= 0.6 is 0 Å². The highest BCUT2D eigenvalue weighted by molar-refractivity contribution is 7.08. The number of rotatable bonds is 10. The van der Waals surface area contributed by atoms with Crippen molar-refractivity contribution in [3.8, 4) is 11.5 Å². The lowest BCUT2D eigenvalue weighted by Gasteiger charge is -2.36. The van der Waals surface area contributed by atoms with Gasteiger partial charge in [0.25, 0.3) is 0 Å². The van der Waals surface area contributed by atoms with E-state index in [1.807, 2.05) is 24.3 Å². The molecule has 6 heteroatoms. The van der Waals surface area contributed by atoms with Gasteiger partial charge >= 0.3 is 16.6 Å². The average molecular weight is 841 g/mol. The fourth-order valence-corrected chi connectivity index (χ4v) is 16.3. The lowest BCUT2D eigenvalue weighted by atomic mass is 9.83. The summed E-state index contributed by atoms with van der Waals surface area (Å²) in [6.45, 7) is 12.5. The molecule has 0 N–H and O–H groups in total. The first kappa shape index (κ1) is 40.5. The van der Waals surface area contributed by atoms with Gasteiger partial charge in [-0.05, 0) is 84.8 Å². The first-order valence-electron chi connectivity index (χ1n) is 21.1. The van der Waals surface area contributed by atoms with E-state index in [-0.39, 0.29) is 22.7 Å². The van der Waals surface area contributed by atoms with Gasteiger partial charge in [-0.1, -0.05) is 203 Å². The van der Waals surface area contributed by atoms with Crippen molar-refractivity contribution in [3.05, 3.63) is 238 Å². The summed E-state index contributed by atoms with van der Waals surface area (Å²) < 4.78 is 15.1. The van der Waals surface area contributed by atoms with Crippen molar-refractivity contribution in [2.45, 2.75) is 41.5 Å². The molecule has 0 saturated carbocycles. The molecule has 0 radical (unpaired) electrons. The largest absolute Gasteiger partial charge is 0.530 e. The highest BCUT2D eigenvalue weighted by atomic mass is 28.4. The number of benzene rings is 8. The Labute approximate surface area is 366 Å². The second-order valence-corrected chi connectivity index (χ2v) is 23.4. The van der Waals surface area contributed by atoms with Crippen molar-refractivity contribution in [1.82, 2.24) is 0 Å². The van der Waals surface area contributed by atoms with Crippen LogP contribution in [0, 0.1) is 41.5 Å². The van der Waals surface area contributed by atoms with Crippen molar-refractivity contribution in [1.29, 1.82) is 0 Å². The number of carbonyl (C=O) groups is 2. The molecule has 9 rings (SSSR count). The van der Waals surface area contributed by atoms with Gasteiger partial charge < -0.3 is 8.85 Å². The number of hydrogen-bond acceptors (Lipinski definition) is 4. The molecular weight excluding hydrogens is 793 g/mol. The van der Waals surface area contributed by atoms with E-state index < -0.39 is 16.6 Å². The second kappa shape index (κ2) is 16.2. The Bertz CT molecular complexity index is 2520. The Morgan fingerprint density at radius 1 is 0.290 bits per heavy atom.